The number of ether oxygens (including phenoxy) is 1. The Morgan fingerprint density at radius 2 is 1.83 bits per heavy atom. The fourth-order valence-electron chi connectivity index (χ4n) is 3.54. The molecule has 1 aliphatic heterocycles. The Morgan fingerprint density at radius 1 is 1.17 bits per heavy atom. The molecule has 154 valence electrons. The van der Waals surface area contributed by atoms with Gasteiger partial charge in [-0.15, -0.1) is 4.40 Å². The smallest absolute Gasteiger partial charge is 0.305 e. The summed E-state index contributed by atoms with van der Waals surface area (Å²) >= 11 is 0. The van der Waals surface area contributed by atoms with Crippen LogP contribution in [0.5, 0.6) is 0 Å². The topological polar surface area (TPSA) is 88.0 Å². The van der Waals surface area contributed by atoms with Crippen molar-refractivity contribution in [1.82, 2.24) is 5.32 Å². The van der Waals surface area contributed by atoms with E-state index in [1.165, 1.54) is 0 Å². The molecule has 0 saturated heterocycles. The number of aliphatic hydroxyl groups is 1. The van der Waals surface area contributed by atoms with Crippen LogP contribution in [-0.2, 0) is 14.8 Å². The largest absolute Gasteiger partial charge is 0.456 e. The third-order valence-corrected chi connectivity index (χ3v) is 6.70. The Morgan fingerprint density at radius 3 is 2.45 bits per heavy atom. The summed E-state index contributed by atoms with van der Waals surface area (Å²) in [6.07, 6.45) is 2.04. The van der Waals surface area contributed by atoms with Crippen molar-refractivity contribution in [3.05, 3.63) is 77.5 Å². The van der Waals surface area contributed by atoms with E-state index in [0.29, 0.717) is 12.0 Å². The van der Waals surface area contributed by atoms with Crippen molar-refractivity contribution in [3.8, 4) is 0 Å². The van der Waals surface area contributed by atoms with Crippen molar-refractivity contribution < 1.29 is 18.3 Å². The predicted octanol–water partition coefficient (Wildman–Crippen LogP) is 3.54. The summed E-state index contributed by atoms with van der Waals surface area (Å²) in [6, 6.07) is 16.8. The van der Waals surface area contributed by atoms with Gasteiger partial charge in [0.1, 0.15) is 10.9 Å². The van der Waals surface area contributed by atoms with E-state index in [4.69, 9.17) is 4.74 Å². The second-order valence-electron chi connectivity index (χ2n) is 7.51. The lowest BCUT2D eigenvalue weighted by Gasteiger charge is -2.37. The molecule has 0 fully saturated rings. The molecule has 0 amide bonds. The van der Waals surface area contributed by atoms with Gasteiger partial charge in [-0.25, -0.2) is 8.42 Å². The molecule has 3 rings (SSSR count). The molecule has 2 N–H and O–H groups in total. The van der Waals surface area contributed by atoms with E-state index in [9.17, 15) is 13.5 Å². The van der Waals surface area contributed by atoms with Crippen LogP contribution in [0.3, 0.4) is 0 Å². The van der Waals surface area contributed by atoms with Crippen LogP contribution in [0.4, 0.5) is 0 Å². The molecule has 0 saturated carbocycles. The van der Waals surface area contributed by atoms with Crippen LogP contribution in [0, 0.1) is 6.92 Å². The van der Waals surface area contributed by atoms with Crippen LogP contribution in [0.2, 0.25) is 0 Å². The van der Waals surface area contributed by atoms with Crippen molar-refractivity contribution >= 4 is 21.6 Å². The number of aliphatic hydroxyl groups excluding tert-OH is 1. The molecule has 6 nitrogen and oxygen atoms in total. The highest BCUT2D eigenvalue weighted by atomic mass is 32.2. The van der Waals surface area contributed by atoms with Crippen molar-refractivity contribution in [2.45, 2.75) is 38.0 Å². The summed E-state index contributed by atoms with van der Waals surface area (Å²) < 4.78 is 35.9. The maximum Gasteiger partial charge on any atom is 0.305 e. The number of amidine groups is 1. The quantitative estimate of drug-likeness (QED) is 0.781. The molecule has 2 aromatic carbocycles. The minimum atomic E-state index is -3.86. The summed E-state index contributed by atoms with van der Waals surface area (Å²) in [4.78, 5) is 0. The first kappa shape index (κ1) is 21.1. The van der Waals surface area contributed by atoms with Crippen LogP contribution in [0.1, 0.15) is 42.2 Å². The van der Waals surface area contributed by atoms with Crippen LogP contribution in [0.25, 0.3) is 5.57 Å². The minimum Gasteiger partial charge on any atom is -0.456 e. The monoisotopic (exact) mass is 414 g/mol. The molecule has 1 unspecified atom stereocenters. The number of sulfonamides is 1. The highest BCUT2D eigenvalue weighted by Crippen LogP contribution is 2.41. The maximum atomic E-state index is 13.0. The predicted molar refractivity (Wildman–Crippen MR) is 115 cm³/mol. The lowest BCUT2D eigenvalue weighted by Crippen LogP contribution is -2.46. The Kier molecular flexibility index (Phi) is 6.10. The van der Waals surface area contributed by atoms with E-state index in [2.05, 4.69) is 9.71 Å². The molecular weight excluding hydrogens is 388 g/mol. The average Bonchev–Trinajstić information content (AvgIpc) is 2.65. The third kappa shape index (κ3) is 4.68. The molecule has 1 heterocycles. The van der Waals surface area contributed by atoms with Gasteiger partial charge in [0, 0.05) is 12.8 Å². The fraction of sp³-hybridized carbons (Fsp3) is 0.318. The first-order valence-electron chi connectivity index (χ1n) is 9.45. The second kappa shape index (κ2) is 8.39. The van der Waals surface area contributed by atoms with Crippen LogP contribution in [-0.4, -0.2) is 31.8 Å². The molecule has 0 bridgehead atoms. The van der Waals surface area contributed by atoms with Crippen molar-refractivity contribution in [2.75, 3.05) is 6.61 Å². The lowest BCUT2D eigenvalue weighted by atomic mass is 9.94. The van der Waals surface area contributed by atoms with Gasteiger partial charge in [0.25, 0.3) is 10.0 Å². The fourth-order valence-corrected chi connectivity index (χ4v) is 5.32. The molecule has 1 atom stereocenters. The van der Waals surface area contributed by atoms with E-state index in [0.717, 1.165) is 16.7 Å². The lowest BCUT2D eigenvalue weighted by molar-refractivity contribution is 0.0795. The molecule has 0 aromatic heterocycles. The Hall–Kier alpha value is -2.64. The summed E-state index contributed by atoms with van der Waals surface area (Å²) in [5, 5.41) is 11.3. The van der Waals surface area contributed by atoms with Crippen molar-refractivity contribution in [2.24, 2.45) is 4.40 Å². The first-order chi connectivity index (χ1) is 13.7. The van der Waals surface area contributed by atoms with Crippen LogP contribution < -0.4 is 5.32 Å². The molecule has 0 radical (unpaired) electrons. The van der Waals surface area contributed by atoms with Gasteiger partial charge >= 0.3 is 6.02 Å². The standard InChI is InChI=1S/C22H26N2O4S/c1-16-9-7-8-12-19(16)20-22(2,3)28-21(24-29(20,26)27)23-15-18(13-14-25)17-10-5-4-6-11-17/h4-12,15,20,25H,13-14H2,1-3H3,(H,23,24)/b18-15-. The summed E-state index contributed by atoms with van der Waals surface area (Å²) in [5.74, 6) is 0. The number of nitrogens with zero attached hydrogens (tertiary/aromatic N) is 1. The van der Waals surface area contributed by atoms with Gasteiger partial charge in [-0.2, -0.15) is 0 Å². The molecule has 29 heavy (non-hydrogen) atoms. The Bertz CT molecular complexity index is 1030. The third-order valence-electron chi connectivity index (χ3n) is 4.87. The average molecular weight is 415 g/mol. The van der Waals surface area contributed by atoms with Gasteiger partial charge in [-0.05, 0) is 49.5 Å². The maximum absolute atomic E-state index is 13.0. The van der Waals surface area contributed by atoms with E-state index >= 15 is 0 Å². The molecule has 1 aliphatic rings. The Balaban J connectivity index is 1.93. The van der Waals surface area contributed by atoms with Crippen LogP contribution in [0.15, 0.2) is 65.2 Å². The Labute approximate surface area is 172 Å². The summed E-state index contributed by atoms with van der Waals surface area (Å²) in [5.41, 5.74) is 2.27. The van der Waals surface area contributed by atoms with Gasteiger partial charge in [-0.1, -0.05) is 54.6 Å². The van der Waals surface area contributed by atoms with Gasteiger partial charge in [0.05, 0.1) is 0 Å². The molecule has 0 spiro atoms. The normalized spacial score (nSPS) is 20.5. The summed E-state index contributed by atoms with van der Waals surface area (Å²) in [7, 11) is -3.86. The zero-order chi connectivity index (χ0) is 21.1. The first-order valence-corrected chi connectivity index (χ1v) is 10.9. The SMILES string of the molecule is Cc1ccccc1C1C(C)(C)OC(N/C=C(/CCO)c2ccccc2)=NS1(=O)=O. The number of nitrogens with one attached hydrogen (secondary N) is 1. The summed E-state index contributed by atoms with van der Waals surface area (Å²) in [6.45, 7) is 5.33. The highest BCUT2D eigenvalue weighted by Gasteiger charge is 2.47. The number of hydrogen-bond donors (Lipinski definition) is 2. The number of rotatable bonds is 5. The van der Waals surface area contributed by atoms with E-state index in [1.807, 2.05) is 55.5 Å². The van der Waals surface area contributed by atoms with Gasteiger partial charge in [-0.3, -0.25) is 0 Å². The van der Waals surface area contributed by atoms with Crippen molar-refractivity contribution in [1.29, 1.82) is 0 Å². The minimum absolute atomic E-state index is 0.0328. The number of benzene rings is 2. The zero-order valence-corrected chi connectivity index (χ0v) is 17.6. The zero-order valence-electron chi connectivity index (χ0n) is 16.8. The van der Waals surface area contributed by atoms with Gasteiger partial charge in [0.2, 0.25) is 0 Å². The molecule has 0 aliphatic carbocycles. The second-order valence-corrected chi connectivity index (χ2v) is 9.19. The van der Waals surface area contributed by atoms with Crippen LogP contribution >= 0.6 is 0 Å². The van der Waals surface area contributed by atoms with Gasteiger partial charge in [0.15, 0.2) is 0 Å². The van der Waals surface area contributed by atoms with E-state index in [1.54, 1.807) is 26.1 Å². The number of aryl methyl sites for hydroxylation is 1. The van der Waals surface area contributed by atoms with Gasteiger partial charge < -0.3 is 15.2 Å². The van der Waals surface area contributed by atoms with Crippen molar-refractivity contribution in [3.63, 3.8) is 0 Å². The van der Waals surface area contributed by atoms with E-state index in [-0.39, 0.29) is 12.6 Å². The number of hydrogen-bond acceptors (Lipinski definition) is 5. The molecular formula is C22H26N2O4S. The molecule has 2 aromatic rings. The molecule has 7 heteroatoms. The highest BCUT2D eigenvalue weighted by molar-refractivity contribution is 7.90. The van der Waals surface area contributed by atoms with E-state index < -0.39 is 20.9 Å².